The normalized spacial score (nSPS) is 11.2. The lowest BCUT2D eigenvalue weighted by atomic mass is 10.1. The van der Waals surface area contributed by atoms with Gasteiger partial charge in [-0.25, -0.2) is 13.6 Å². The maximum Gasteiger partial charge on any atom is 0.253 e. The highest BCUT2D eigenvalue weighted by Crippen LogP contribution is 2.26. The summed E-state index contributed by atoms with van der Waals surface area (Å²) in [6.07, 6.45) is 0. The molecule has 0 heterocycles. The fraction of sp³-hybridized carbons (Fsp3) is 0.125. The fourth-order valence-corrected chi connectivity index (χ4v) is 2.23. The van der Waals surface area contributed by atoms with Crippen LogP contribution in [0.15, 0.2) is 17.0 Å². The number of carbonyl (C=O) groups excluding carboxylic acids is 1. The van der Waals surface area contributed by atoms with Crippen LogP contribution in [0.3, 0.4) is 0 Å². The zero-order valence-corrected chi connectivity index (χ0v) is 9.89. The Bertz CT molecular complexity index is 542. The van der Waals surface area contributed by atoms with Gasteiger partial charge in [0.25, 0.3) is 5.91 Å². The van der Waals surface area contributed by atoms with Crippen molar-refractivity contribution < 1.29 is 13.2 Å². The second-order valence-electron chi connectivity index (χ2n) is 2.99. The van der Waals surface area contributed by atoms with Gasteiger partial charge in [-0.15, -0.1) is 0 Å². The highest BCUT2D eigenvalue weighted by molar-refractivity contribution is 7.89. The number of benzene rings is 1. The molecule has 5 N–H and O–H groups in total. The molecule has 1 aromatic carbocycles. The second kappa shape index (κ2) is 4.28. The third-order valence-electron chi connectivity index (χ3n) is 1.88. The van der Waals surface area contributed by atoms with E-state index >= 15 is 0 Å². The van der Waals surface area contributed by atoms with E-state index in [1.54, 1.807) is 0 Å². The Hall–Kier alpha value is -1.31. The van der Waals surface area contributed by atoms with Crippen molar-refractivity contribution in [2.24, 2.45) is 5.14 Å². The Kier molecular flexibility index (Phi) is 3.41. The summed E-state index contributed by atoms with van der Waals surface area (Å²) in [5.74, 6) is -0.515. The van der Waals surface area contributed by atoms with Crippen molar-refractivity contribution in [3.05, 3.63) is 22.7 Å². The molecule has 0 aliphatic carbocycles. The molecule has 88 valence electrons. The van der Waals surface area contributed by atoms with E-state index in [-0.39, 0.29) is 21.2 Å². The van der Waals surface area contributed by atoms with Crippen molar-refractivity contribution in [1.29, 1.82) is 0 Å². The van der Waals surface area contributed by atoms with Crippen LogP contribution in [0, 0.1) is 0 Å². The quantitative estimate of drug-likeness (QED) is 0.648. The van der Waals surface area contributed by atoms with E-state index in [2.05, 4.69) is 5.32 Å². The lowest BCUT2D eigenvalue weighted by molar-refractivity contribution is 0.0964. The molecule has 1 rings (SSSR count). The SMILES string of the molecule is CNC(=O)c1cc(S(N)(=O)=O)c(Cl)cc1N. The van der Waals surface area contributed by atoms with E-state index in [9.17, 15) is 13.2 Å². The number of amides is 1. The molecule has 0 aliphatic rings. The average molecular weight is 264 g/mol. The summed E-state index contributed by atoms with van der Waals surface area (Å²) in [7, 11) is -2.59. The summed E-state index contributed by atoms with van der Waals surface area (Å²) in [4.78, 5) is 11.0. The van der Waals surface area contributed by atoms with Gasteiger partial charge in [-0.2, -0.15) is 0 Å². The number of halogens is 1. The summed E-state index contributed by atoms with van der Waals surface area (Å²) in [5, 5.41) is 7.14. The first kappa shape index (κ1) is 12.8. The first-order valence-corrected chi connectivity index (χ1v) is 6.03. The Morgan fingerprint density at radius 2 is 2.00 bits per heavy atom. The van der Waals surface area contributed by atoms with Gasteiger partial charge in [-0.1, -0.05) is 11.6 Å². The largest absolute Gasteiger partial charge is 0.398 e. The predicted molar refractivity (Wildman–Crippen MR) is 60.6 cm³/mol. The molecule has 8 heteroatoms. The van der Waals surface area contributed by atoms with E-state index < -0.39 is 15.9 Å². The van der Waals surface area contributed by atoms with Crippen LogP contribution in [-0.4, -0.2) is 21.4 Å². The molecular weight excluding hydrogens is 254 g/mol. The van der Waals surface area contributed by atoms with Gasteiger partial charge in [0.1, 0.15) is 4.90 Å². The van der Waals surface area contributed by atoms with Crippen molar-refractivity contribution >= 4 is 33.2 Å². The highest BCUT2D eigenvalue weighted by atomic mass is 35.5. The number of carbonyl (C=O) groups is 1. The third-order valence-corrected chi connectivity index (χ3v) is 3.26. The third kappa shape index (κ3) is 2.43. The van der Waals surface area contributed by atoms with Crippen LogP contribution in [0.25, 0.3) is 0 Å². The number of nitrogen functional groups attached to an aromatic ring is 1. The molecule has 0 saturated heterocycles. The zero-order chi connectivity index (χ0) is 12.5. The molecular formula is C8H10ClN3O3S. The molecule has 0 aromatic heterocycles. The summed E-state index contributed by atoms with van der Waals surface area (Å²) >= 11 is 5.66. The van der Waals surface area contributed by atoms with Gasteiger partial charge in [-0.3, -0.25) is 4.79 Å². The van der Waals surface area contributed by atoms with Gasteiger partial charge >= 0.3 is 0 Å². The number of hydrogen-bond acceptors (Lipinski definition) is 4. The number of sulfonamides is 1. The topological polar surface area (TPSA) is 115 Å². The highest BCUT2D eigenvalue weighted by Gasteiger charge is 2.18. The standard InChI is InChI=1S/C8H10ClN3O3S/c1-12-8(13)4-2-7(16(11,14)15)5(9)3-6(4)10/h2-3H,10H2,1H3,(H,12,13)(H2,11,14,15). The number of nitrogens with two attached hydrogens (primary N) is 2. The van der Waals surface area contributed by atoms with E-state index in [0.29, 0.717) is 0 Å². The van der Waals surface area contributed by atoms with Crippen molar-refractivity contribution in [1.82, 2.24) is 5.32 Å². The minimum Gasteiger partial charge on any atom is -0.398 e. The monoisotopic (exact) mass is 263 g/mol. The first-order valence-electron chi connectivity index (χ1n) is 4.11. The van der Waals surface area contributed by atoms with Crippen LogP contribution in [0.5, 0.6) is 0 Å². The van der Waals surface area contributed by atoms with Crippen LogP contribution >= 0.6 is 11.6 Å². The number of hydrogen-bond donors (Lipinski definition) is 3. The van der Waals surface area contributed by atoms with Gasteiger partial charge in [0.2, 0.25) is 10.0 Å². The summed E-state index contributed by atoms with van der Waals surface area (Å²) in [6.45, 7) is 0. The number of anilines is 1. The van der Waals surface area contributed by atoms with Crippen molar-refractivity contribution in [2.45, 2.75) is 4.90 Å². The smallest absolute Gasteiger partial charge is 0.253 e. The molecule has 16 heavy (non-hydrogen) atoms. The van der Waals surface area contributed by atoms with Gasteiger partial charge in [0, 0.05) is 12.7 Å². The lowest BCUT2D eigenvalue weighted by Gasteiger charge is -2.08. The Labute approximate surface area is 97.6 Å². The minimum absolute atomic E-state index is 0.0101. The molecule has 0 bridgehead atoms. The molecule has 0 atom stereocenters. The minimum atomic E-state index is -3.98. The van der Waals surface area contributed by atoms with Crippen LogP contribution < -0.4 is 16.2 Å². The van der Waals surface area contributed by atoms with E-state index in [4.69, 9.17) is 22.5 Å². The summed E-state index contributed by atoms with van der Waals surface area (Å²) in [6, 6.07) is 2.22. The summed E-state index contributed by atoms with van der Waals surface area (Å²) in [5.41, 5.74) is 5.62. The molecule has 0 fully saturated rings. The summed E-state index contributed by atoms with van der Waals surface area (Å²) < 4.78 is 22.3. The van der Waals surface area contributed by atoms with Crippen molar-refractivity contribution in [2.75, 3.05) is 12.8 Å². The zero-order valence-electron chi connectivity index (χ0n) is 8.32. The first-order chi connectivity index (χ1) is 7.27. The molecule has 0 unspecified atom stereocenters. The second-order valence-corrected chi connectivity index (χ2v) is 4.93. The molecule has 0 radical (unpaired) electrons. The molecule has 1 aromatic rings. The molecule has 0 spiro atoms. The van der Waals surface area contributed by atoms with Gasteiger partial charge in [0.05, 0.1) is 10.6 Å². The van der Waals surface area contributed by atoms with Gasteiger partial charge in [-0.05, 0) is 12.1 Å². The predicted octanol–water partition coefficient (Wildman–Crippen LogP) is -0.0708. The van der Waals surface area contributed by atoms with E-state index in [1.807, 2.05) is 0 Å². The van der Waals surface area contributed by atoms with Gasteiger partial charge in [0.15, 0.2) is 0 Å². The number of primary sulfonamides is 1. The van der Waals surface area contributed by atoms with E-state index in [0.717, 1.165) is 6.07 Å². The van der Waals surface area contributed by atoms with Gasteiger partial charge < -0.3 is 11.1 Å². The molecule has 0 saturated carbocycles. The lowest BCUT2D eigenvalue weighted by Crippen LogP contribution is -2.21. The van der Waals surface area contributed by atoms with Crippen LogP contribution in [0.4, 0.5) is 5.69 Å². The van der Waals surface area contributed by atoms with Crippen LogP contribution in [0.2, 0.25) is 5.02 Å². The number of nitrogens with one attached hydrogen (secondary N) is 1. The molecule has 6 nitrogen and oxygen atoms in total. The maximum atomic E-state index is 11.4. The van der Waals surface area contributed by atoms with Crippen LogP contribution in [0.1, 0.15) is 10.4 Å². The number of rotatable bonds is 2. The maximum absolute atomic E-state index is 11.4. The fourth-order valence-electron chi connectivity index (χ4n) is 1.12. The Morgan fingerprint density at radius 1 is 1.44 bits per heavy atom. The van der Waals surface area contributed by atoms with Crippen LogP contribution in [-0.2, 0) is 10.0 Å². The van der Waals surface area contributed by atoms with Crippen molar-refractivity contribution in [3.63, 3.8) is 0 Å². The molecule has 1 amide bonds. The van der Waals surface area contributed by atoms with Crippen molar-refractivity contribution in [3.8, 4) is 0 Å². The Balaban J connectivity index is 3.51. The Morgan fingerprint density at radius 3 is 2.44 bits per heavy atom. The average Bonchev–Trinajstić information content (AvgIpc) is 2.14. The van der Waals surface area contributed by atoms with E-state index in [1.165, 1.54) is 13.1 Å². The molecule has 0 aliphatic heterocycles.